The molecule has 1 unspecified atom stereocenters. The number of ether oxygens (including phenoxy) is 3. The lowest BCUT2D eigenvalue weighted by Gasteiger charge is -2.15. The number of nitrogens with zero attached hydrogens (tertiary/aromatic N) is 2. The van der Waals surface area contributed by atoms with Crippen molar-refractivity contribution in [3.8, 4) is 22.9 Å². The second-order valence-corrected chi connectivity index (χ2v) is 7.34. The van der Waals surface area contributed by atoms with Crippen LogP contribution < -0.4 is 9.47 Å². The smallest absolute Gasteiger partial charge is 0.178 e. The molecule has 1 aliphatic heterocycles. The van der Waals surface area contributed by atoms with E-state index in [-0.39, 0.29) is 6.10 Å². The molecular formula is C24H23N3O3. The van der Waals surface area contributed by atoms with Crippen molar-refractivity contribution in [2.75, 3.05) is 13.2 Å². The molecule has 2 aromatic carbocycles. The van der Waals surface area contributed by atoms with Gasteiger partial charge in [0.1, 0.15) is 30.5 Å². The highest BCUT2D eigenvalue weighted by Crippen LogP contribution is 2.33. The SMILES string of the molecule is c1ccc(COc2ccc(-c3nc4ncccc4[nH]3)c(OCC3CCCO3)c2)cc1. The number of hydrogen-bond donors (Lipinski definition) is 1. The minimum Gasteiger partial charge on any atom is -0.490 e. The van der Waals surface area contributed by atoms with Gasteiger partial charge in [0.25, 0.3) is 0 Å². The second kappa shape index (κ2) is 8.55. The number of aromatic nitrogens is 3. The lowest BCUT2D eigenvalue weighted by Crippen LogP contribution is -2.16. The summed E-state index contributed by atoms with van der Waals surface area (Å²) < 4.78 is 17.9. The van der Waals surface area contributed by atoms with Gasteiger partial charge in [0.05, 0.1) is 17.2 Å². The summed E-state index contributed by atoms with van der Waals surface area (Å²) >= 11 is 0. The Labute approximate surface area is 174 Å². The number of benzene rings is 2. The molecule has 1 aliphatic rings. The van der Waals surface area contributed by atoms with Crippen LogP contribution in [0.2, 0.25) is 0 Å². The van der Waals surface area contributed by atoms with Crippen LogP contribution in [0.3, 0.4) is 0 Å². The van der Waals surface area contributed by atoms with Crippen molar-refractivity contribution in [2.24, 2.45) is 0 Å². The van der Waals surface area contributed by atoms with Crippen molar-refractivity contribution in [3.63, 3.8) is 0 Å². The van der Waals surface area contributed by atoms with Crippen LogP contribution in [0.5, 0.6) is 11.5 Å². The lowest BCUT2D eigenvalue weighted by molar-refractivity contribution is 0.0680. The predicted molar refractivity (Wildman–Crippen MR) is 115 cm³/mol. The molecule has 6 heteroatoms. The Kier molecular flexibility index (Phi) is 5.31. The molecule has 6 nitrogen and oxygen atoms in total. The van der Waals surface area contributed by atoms with Crippen LogP contribution in [-0.4, -0.2) is 34.3 Å². The van der Waals surface area contributed by atoms with Gasteiger partial charge in [-0.3, -0.25) is 0 Å². The Morgan fingerprint density at radius 2 is 1.97 bits per heavy atom. The molecule has 3 heterocycles. The first-order chi connectivity index (χ1) is 14.8. The quantitative estimate of drug-likeness (QED) is 0.483. The van der Waals surface area contributed by atoms with E-state index in [1.165, 1.54) is 0 Å². The average Bonchev–Trinajstić information content (AvgIpc) is 3.46. The van der Waals surface area contributed by atoms with Crippen molar-refractivity contribution < 1.29 is 14.2 Å². The van der Waals surface area contributed by atoms with Gasteiger partial charge in [-0.2, -0.15) is 0 Å². The van der Waals surface area contributed by atoms with Gasteiger partial charge >= 0.3 is 0 Å². The standard InChI is InChI=1S/C24H23N3O3/c1-2-6-17(7-3-1)15-29-18-10-11-20(22(14-18)30-16-19-8-5-13-28-19)23-26-21-9-4-12-25-24(21)27-23/h1-4,6-7,9-12,14,19H,5,8,13,15-16H2,(H,25,26,27). The zero-order chi connectivity index (χ0) is 20.2. The maximum absolute atomic E-state index is 6.18. The summed E-state index contributed by atoms with van der Waals surface area (Å²) in [7, 11) is 0. The highest BCUT2D eigenvalue weighted by molar-refractivity contribution is 5.77. The van der Waals surface area contributed by atoms with Crippen molar-refractivity contribution in [2.45, 2.75) is 25.6 Å². The molecule has 5 rings (SSSR count). The Balaban J connectivity index is 1.42. The van der Waals surface area contributed by atoms with E-state index in [0.29, 0.717) is 18.9 Å². The Morgan fingerprint density at radius 1 is 1.03 bits per heavy atom. The summed E-state index contributed by atoms with van der Waals surface area (Å²) in [6.45, 7) is 1.81. The summed E-state index contributed by atoms with van der Waals surface area (Å²) in [5.41, 5.74) is 3.56. The first kappa shape index (κ1) is 18.6. The minimum absolute atomic E-state index is 0.129. The van der Waals surface area contributed by atoms with Crippen molar-refractivity contribution in [3.05, 3.63) is 72.4 Å². The number of rotatable bonds is 7. The van der Waals surface area contributed by atoms with Crippen LogP contribution in [0.4, 0.5) is 0 Å². The first-order valence-electron chi connectivity index (χ1n) is 10.2. The lowest BCUT2D eigenvalue weighted by atomic mass is 10.1. The van der Waals surface area contributed by atoms with Crippen LogP contribution in [0.15, 0.2) is 66.9 Å². The average molecular weight is 401 g/mol. The molecule has 0 aliphatic carbocycles. The number of aromatic amines is 1. The van der Waals surface area contributed by atoms with Gasteiger partial charge in [0, 0.05) is 18.9 Å². The molecule has 4 aromatic rings. The fourth-order valence-corrected chi connectivity index (χ4v) is 3.58. The molecule has 1 atom stereocenters. The number of imidazole rings is 1. The second-order valence-electron chi connectivity index (χ2n) is 7.34. The van der Waals surface area contributed by atoms with E-state index in [9.17, 15) is 0 Å². The van der Waals surface area contributed by atoms with Crippen LogP contribution in [-0.2, 0) is 11.3 Å². The Morgan fingerprint density at radius 3 is 2.80 bits per heavy atom. The molecule has 0 bridgehead atoms. The van der Waals surface area contributed by atoms with Gasteiger partial charge in [-0.15, -0.1) is 0 Å². The maximum atomic E-state index is 6.18. The van der Waals surface area contributed by atoms with E-state index in [1.54, 1.807) is 6.20 Å². The number of hydrogen-bond acceptors (Lipinski definition) is 5. The molecule has 0 spiro atoms. The van der Waals surface area contributed by atoms with Crippen molar-refractivity contribution in [1.82, 2.24) is 15.0 Å². The van der Waals surface area contributed by atoms with Crippen molar-refractivity contribution in [1.29, 1.82) is 0 Å². The Bertz CT molecular complexity index is 1090. The summed E-state index contributed by atoms with van der Waals surface area (Å²) in [6, 6.07) is 19.8. The van der Waals surface area contributed by atoms with Crippen LogP contribution in [0.1, 0.15) is 18.4 Å². The van der Waals surface area contributed by atoms with E-state index < -0.39 is 0 Å². The largest absolute Gasteiger partial charge is 0.490 e. The van der Waals surface area contributed by atoms with Gasteiger partial charge in [-0.25, -0.2) is 9.97 Å². The normalized spacial score (nSPS) is 16.1. The van der Waals surface area contributed by atoms with Crippen LogP contribution in [0, 0.1) is 0 Å². The van der Waals surface area contributed by atoms with Gasteiger partial charge in [0.15, 0.2) is 5.65 Å². The van der Waals surface area contributed by atoms with Crippen LogP contribution in [0.25, 0.3) is 22.6 Å². The Hall–Kier alpha value is -3.38. The third-order valence-electron chi connectivity index (χ3n) is 5.16. The zero-order valence-electron chi connectivity index (χ0n) is 16.6. The molecule has 152 valence electrons. The van der Waals surface area contributed by atoms with Gasteiger partial charge in [-0.05, 0) is 42.7 Å². The van der Waals surface area contributed by atoms with Gasteiger partial charge in [-0.1, -0.05) is 30.3 Å². The number of fused-ring (bicyclic) bond motifs is 1. The van der Waals surface area contributed by atoms with E-state index in [2.05, 4.69) is 15.0 Å². The molecule has 1 fully saturated rings. The van der Waals surface area contributed by atoms with E-state index >= 15 is 0 Å². The summed E-state index contributed by atoms with van der Waals surface area (Å²) in [4.78, 5) is 12.3. The third kappa shape index (κ3) is 4.14. The number of pyridine rings is 1. The third-order valence-corrected chi connectivity index (χ3v) is 5.16. The highest BCUT2D eigenvalue weighted by Gasteiger charge is 2.19. The summed E-state index contributed by atoms with van der Waals surface area (Å²) in [6.07, 6.45) is 3.97. The molecule has 2 aromatic heterocycles. The summed E-state index contributed by atoms with van der Waals surface area (Å²) in [5.74, 6) is 2.19. The highest BCUT2D eigenvalue weighted by atomic mass is 16.5. The monoisotopic (exact) mass is 401 g/mol. The first-order valence-corrected chi connectivity index (χ1v) is 10.2. The topological polar surface area (TPSA) is 69.3 Å². The molecule has 0 radical (unpaired) electrons. The fraction of sp³-hybridized carbons (Fsp3) is 0.250. The predicted octanol–water partition coefficient (Wildman–Crippen LogP) is 4.76. The molecule has 1 N–H and O–H groups in total. The van der Waals surface area contributed by atoms with Gasteiger partial charge in [0.2, 0.25) is 0 Å². The maximum Gasteiger partial charge on any atom is 0.178 e. The van der Waals surface area contributed by atoms with Crippen molar-refractivity contribution >= 4 is 11.2 Å². The number of nitrogens with one attached hydrogen (secondary N) is 1. The zero-order valence-corrected chi connectivity index (χ0v) is 16.6. The van der Waals surface area contributed by atoms with E-state index in [1.807, 2.05) is 60.7 Å². The molecule has 1 saturated heterocycles. The summed E-state index contributed by atoms with van der Waals surface area (Å²) in [5, 5.41) is 0. The molecule has 0 amide bonds. The fourth-order valence-electron chi connectivity index (χ4n) is 3.58. The number of H-pyrrole nitrogens is 1. The van der Waals surface area contributed by atoms with E-state index in [4.69, 9.17) is 14.2 Å². The van der Waals surface area contributed by atoms with Crippen LogP contribution >= 0.6 is 0 Å². The minimum atomic E-state index is 0.129. The van der Waals surface area contributed by atoms with Gasteiger partial charge < -0.3 is 19.2 Å². The van der Waals surface area contributed by atoms with E-state index in [0.717, 1.165) is 53.4 Å². The molecular weight excluding hydrogens is 378 g/mol. The molecule has 0 saturated carbocycles. The molecule has 30 heavy (non-hydrogen) atoms.